The van der Waals surface area contributed by atoms with Crippen LogP contribution in [0, 0.1) is 0 Å². The molecule has 1 saturated heterocycles. The van der Waals surface area contributed by atoms with Gasteiger partial charge in [0.1, 0.15) is 0 Å². The Balaban J connectivity index is 1.61. The van der Waals surface area contributed by atoms with E-state index in [1.165, 1.54) is 4.31 Å². The Bertz CT molecular complexity index is 942. The van der Waals surface area contributed by atoms with Crippen molar-refractivity contribution in [3.8, 4) is 0 Å². The summed E-state index contributed by atoms with van der Waals surface area (Å²) in [7, 11) is -3.85. The number of rotatable bonds is 4. The molecule has 0 bridgehead atoms. The fraction of sp³-hybridized carbons (Fsp3) is 0.556. The number of alkyl halides is 3. The van der Waals surface area contributed by atoms with Crippen molar-refractivity contribution >= 4 is 10.0 Å². The number of hydrogen-bond donors (Lipinski definition) is 0. The van der Waals surface area contributed by atoms with Gasteiger partial charge in [0.2, 0.25) is 15.9 Å². The van der Waals surface area contributed by atoms with Crippen LogP contribution in [0.5, 0.6) is 0 Å². The van der Waals surface area contributed by atoms with Crippen LogP contribution >= 0.6 is 0 Å². The molecule has 3 rings (SSSR count). The highest BCUT2D eigenvalue weighted by Gasteiger charge is 2.33. The van der Waals surface area contributed by atoms with Crippen LogP contribution in [0.4, 0.5) is 13.2 Å². The average molecular weight is 432 g/mol. The minimum Gasteiger partial charge on any atom is -0.338 e. The van der Waals surface area contributed by atoms with E-state index in [4.69, 9.17) is 4.52 Å². The molecule has 160 valence electrons. The highest BCUT2D eigenvalue weighted by Crippen LogP contribution is 2.30. The van der Waals surface area contributed by atoms with Crippen LogP contribution < -0.4 is 0 Å². The predicted molar refractivity (Wildman–Crippen MR) is 98.5 cm³/mol. The molecule has 2 heterocycles. The summed E-state index contributed by atoms with van der Waals surface area (Å²) in [5, 5.41) is 3.97. The van der Waals surface area contributed by atoms with E-state index in [9.17, 15) is 21.6 Å². The third kappa shape index (κ3) is 4.96. The van der Waals surface area contributed by atoms with Gasteiger partial charge in [-0.05, 0) is 24.3 Å². The van der Waals surface area contributed by atoms with E-state index in [1.54, 1.807) is 0 Å². The van der Waals surface area contributed by atoms with E-state index in [1.807, 2.05) is 25.7 Å². The van der Waals surface area contributed by atoms with E-state index < -0.39 is 21.8 Å². The third-order valence-electron chi connectivity index (χ3n) is 4.65. The maximum Gasteiger partial charge on any atom is 0.416 e. The number of halogens is 3. The second-order valence-corrected chi connectivity index (χ2v) is 9.90. The lowest BCUT2D eigenvalue weighted by Crippen LogP contribution is -2.48. The third-order valence-corrected chi connectivity index (χ3v) is 6.56. The van der Waals surface area contributed by atoms with Gasteiger partial charge in [-0.2, -0.15) is 22.5 Å². The quantitative estimate of drug-likeness (QED) is 0.739. The molecule has 1 fully saturated rings. The SMILES string of the molecule is CC(C)(C)c1noc(CN2CCN(S(=O)(=O)c3ccc(C(F)(F)F)cc3)CC2)n1. The average Bonchev–Trinajstić information content (AvgIpc) is 3.10. The molecule has 0 radical (unpaired) electrons. The molecule has 2 aromatic rings. The Morgan fingerprint density at radius 2 is 1.62 bits per heavy atom. The van der Waals surface area contributed by atoms with Gasteiger partial charge >= 0.3 is 6.18 Å². The van der Waals surface area contributed by atoms with Gasteiger partial charge in [0.15, 0.2) is 5.82 Å². The molecule has 0 N–H and O–H groups in total. The highest BCUT2D eigenvalue weighted by molar-refractivity contribution is 7.89. The molecule has 1 aliphatic rings. The van der Waals surface area contributed by atoms with E-state index in [2.05, 4.69) is 10.1 Å². The zero-order valence-corrected chi connectivity index (χ0v) is 17.2. The van der Waals surface area contributed by atoms with Gasteiger partial charge in [0.25, 0.3) is 0 Å². The Hall–Kier alpha value is -1.98. The fourth-order valence-corrected chi connectivity index (χ4v) is 4.33. The van der Waals surface area contributed by atoms with Gasteiger partial charge in [-0.25, -0.2) is 8.42 Å². The van der Waals surface area contributed by atoms with E-state index in [0.29, 0.717) is 31.3 Å². The number of aromatic nitrogens is 2. The molecule has 11 heteroatoms. The summed E-state index contributed by atoms with van der Waals surface area (Å²) in [6.07, 6.45) is -4.50. The van der Waals surface area contributed by atoms with Gasteiger partial charge in [-0.1, -0.05) is 25.9 Å². The summed E-state index contributed by atoms with van der Waals surface area (Å²) >= 11 is 0. The van der Waals surface area contributed by atoms with Gasteiger partial charge in [-0.15, -0.1) is 0 Å². The van der Waals surface area contributed by atoms with Crippen molar-refractivity contribution < 1.29 is 26.1 Å². The summed E-state index contributed by atoms with van der Waals surface area (Å²) in [6.45, 7) is 7.70. The summed E-state index contributed by atoms with van der Waals surface area (Å²) in [5.74, 6) is 1.07. The maximum atomic E-state index is 12.7. The van der Waals surface area contributed by atoms with Crippen molar-refractivity contribution in [1.82, 2.24) is 19.3 Å². The van der Waals surface area contributed by atoms with Crippen molar-refractivity contribution in [1.29, 1.82) is 0 Å². The molecular formula is C18H23F3N4O3S. The van der Waals surface area contributed by atoms with Gasteiger partial charge in [0, 0.05) is 31.6 Å². The number of sulfonamides is 1. The molecule has 0 spiro atoms. The van der Waals surface area contributed by atoms with Gasteiger partial charge < -0.3 is 4.52 Å². The van der Waals surface area contributed by atoms with Crippen molar-refractivity contribution in [3.63, 3.8) is 0 Å². The molecule has 0 saturated carbocycles. The first-order chi connectivity index (χ1) is 13.4. The second kappa shape index (κ2) is 7.69. The van der Waals surface area contributed by atoms with Crippen LogP contribution in [0.15, 0.2) is 33.7 Å². The highest BCUT2D eigenvalue weighted by atomic mass is 32.2. The topological polar surface area (TPSA) is 79.5 Å². The van der Waals surface area contributed by atoms with Crippen LogP contribution in [-0.2, 0) is 28.2 Å². The van der Waals surface area contributed by atoms with Crippen LogP contribution in [-0.4, -0.2) is 53.9 Å². The summed E-state index contributed by atoms with van der Waals surface area (Å²) < 4.78 is 70.0. The molecule has 1 aromatic heterocycles. The molecule has 1 aliphatic heterocycles. The first-order valence-corrected chi connectivity index (χ1v) is 10.5. The largest absolute Gasteiger partial charge is 0.416 e. The summed E-state index contributed by atoms with van der Waals surface area (Å²) in [6, 6.07) is 3.56. The molecule has 7 nitrogen and oxygen atoms in total. The Morgan fingerprint density at radius 3 is 2.10 bits per heavy atom. The van der Waals surface area contributed by atoms with Gasteiger partial charge in [0.05, 0.1) is 17.0 Å². The Labute approximate surface area is 167 Å². The smallest absolute Gasteiger partial charge is 0.338 e. The summed E-state index contributed by atoms with van der Waals surface area (Å²) in [5.41, 5.74) is -1.11. The lowest BCUT2D eigenvalue weighted by molar-refractivity contribution is -0.137. The van der Waals surface area contributed by atoms with Crippen LogP contribution in [0.1, 0.15) is 38.0 Å². The lowest BCUT2D eigenvalue weighted by Gasteiger charge is -2.33. The minimum absolute atomic E-state index is 0.148. The zero-order valence-electron chi connectivity index (χ0n) is 16.4. The number of piperazine rings is 1. The molecule has 0 unspecified atom stereocenters. The van der Waals surface area contributed by atoms with Crippen molar-refractivity contribution in [3.05, 3.63) is 41.5 Å². The number of benzene rings is 1. The number of nitrogens with zero attached hydrogens (tertiary/aromatic N) is 4. The Kier molecular flexibility index (Phi) is 5.76. The second-order valence-electron chi connectivity index (χ2n) is 7.96. The first-order valence-electron chi connectivity index (χ1n) is 9.10. The fourth-order valence-electron chi connectivity index (χ4n) is 2.91. The number of hydrogen-bond acceptors (Lipinski definition) is 6. The zero-order chi connectivity index (χ0) is 21.4. The van der Waals surface area contributed by atoms with Crippen molar-refractivity contribution in [2.75, 3.05) is 26.2 Å². The van der Waals surface area contributed by atoms with Crippen LogP contribution in [0.3, 0.4) is 0 Å². The molecular weight excluding hydrogens is 409 g/mol. The molecule has 1 aromatic carbocycles. The minimum atomic E-state index is -4.50. The van der Waals surface area contributed by atoms with E-state index >= 15 is 0 Å². The van der Waals surface area contributed by atoms with Crippen LogP contribution in [0.2, 0.25) is 0 Å². The van der Waals surface area contributed by atoms with E-state index in [0.717, 1.165) is 24.3 Å². The van der Waals surface area contributed by atoms with Crippen molar-refractivity contribution in [2.24, 2.45) is 0 Å². The molecule has 0 aliphatic carbocycles. The Morgan fingerprint density at radius 1 is 1.03 bits per heavy atom. The van der Waals surface area contributed by atoms with Crippen molar-refractivity contribution in [2.45, 2.75) is 43.8 Å². The molecule has 29 heavy (non-hydrogen) atoms. The first kappa shape index (κ1) is 21.7. The normalized spacial score (nSPS) is 17.6. The van der Waals surface area contributed by atoms with Crippen LogP contribution in [0.25, 0.3) is 0 Å². The predicted octanol–water partition coefficient (Wildman–Crippen LogP) is 2.89. The van der Waals surface area contributed by atoms with E-state index in [-0.39, 0.29) is 23.4 Å². The maximum absolute atomic E-state index is 12.7. The molecule has 0 atom stereocenters. The molecule has 0 amide bonds. The summed E-state index contributed by atoms with van der Waals surface area (Å²) in [4.78, 5) is 6.23. The standard InChI is InChI=1S/C18H23F3N4O3S/c1-17(2,3)16-22-15(28-23-16)12-24-8-10-25(11-9-24)29(26,27)14-6-4-13(5-7-14)18(19,20)21/h4-7H,8-12H2,1-3H3. The lowest BCUT2D eigenvalue weighted by atomic mass is 9.96. The van der Waals surface area contributed by atoms with Gasteiger partial charge in [-0.3, -0.25) is 4.90 Å². The monoisotopic (exact) mass is 432 g/mol.